The fraction of sp³-hybridized carbons (Fsp3) is 0.733. The first-order chi connectivity index (χ1) is 9.10. The van der Waals surface area contributed by atoms with Gasteiger partial charge in [0, 0.05) is 32.1 Å². The van der Waals surface area contributed by atoms with E-state index < -0.39 is 0 Å². The molecule has 0 atom stereocenters. The summed E-state index contributed by atoms with van der Waals surface area (Å²) in [7, 11) is 2.11. The predicted octanol–water partition coefficient (Wildman–Crippen LogP) is 3.27. The Kier molecular flexibility index (Phi) is 4.61. The van der Waals surface area contributed by atoms with Gasteiger partial charge in [0.2, 0.25) is 0 Å². The summed E-state index contributed by atoms with van der Waals surface area (Å²) < 4.78 is 0. The number of nitrogens with zero attached hydrogens (tertiary/aromatic N) is 3. The smallest absolute Gasteiger partial charge is 0.136 e. The molecule has 1 aliphatic carbocycles. The summed E-state index contributed by atoms with van der Waals surface area (Å²) >= 11 is 0. The summed E-state index contributed by atoms with van der Waals surface area (Å²) in [5.74, 6) is 4.27. The summed E-state index contributed by atoms with van der Waals surface area (Å²) in [6.07, 6.45) is 3.59. The normalized spacial score (nSPS) is 14.8. The molecule has 1 fully saturated rings. The zero-order chi connectivity index (χ0) is 13.8. The lowest BCUT2D eigenvalue weighted by Crippen LogP contribution is -2.24. The zero-order valence-electron chi connectivity index (χ0n) is 12.6. The molecule has 1 aromatic heterocycles. The van der Waals surface area contributed by atoms with E-state index in [1.54, 1.807) is 0 Å². The van der Waals surface area contributed by atoms with E-state index in [0.717, 1.165) is 37.0 Å². The van der Waals surface area contributed by atoms with Gasteiger partial charge in [0.1, 0.15) is 17.5 Å². The molecule has 106 valence electrons. The maximum absolute atomic E-state index is 4.73. The van der Waals surface area contributed by atoms with Gasteiger partial charge in [0.25, 0.3) is 0 Å². The molecule has 0 aliphatic heterocycles. The van der Waals surface area contributed by atoms with Gasteiger partial charge in [-0.25, -0.2) is 9.97 Å². The second-order valence-electron chi connectivity index (χ2n) is 5.95. The van der Waals surface area contributed by atoms with Gasteiger partial charge in [0.05, 0.1) is 0 Å². The third-order valence-corrected chi connectivity index (χ3v) is 3.26. The lowest BCUT2D eigenvalue weighted by Gasteiger charge is -2.21. The van der Waals surface area contributed by atoms with E-state index in [-0.39, 0.29) is 0 Å². The van der Waals surface area contributed by atoms with Crippen molar-refractivity contribution in [2.75, 3.05) is 30.4 Å². The molecule has 1 aromatic rings. The molecule has 1 saturated carbocycles. The van der Waals surface area contributed by atoms with Crippen LogP contribution in [0.15, 0.2) is 6.07 Å². The van der Waals surface area contributed by atoms with E-state index in [2.05, 4.69) is 49.1 Å². The Balaban J connectivity index is 2.17. The van der Waals surface area contributed by atoms with Crippen molar-refractivity contribution in [3.63, 3.8) is 0 Å². The SMILES string of the molecule is CCCNc1cc(N(C)CC(C)C)nc(C2CC2)n1. The van der Waals surface area contributed by atoms with Crippen molar-refractivity contribution < 1.29 is 0 Å². The van der Waals surface area contributed by atoms with E-state index in [9.17, 15) is 0 Å². The molecule has 0 radical (unpaired) electrons. The third kappa shape index (κ3) is 4.08. The highest BCUT2D eigenvalue weighted by Gasteiger charge is 2.27. The minimum atomic E-state index is 0.592. The Morgan fingerprint density at radius 3 is 2.68 bits per heavy atom. The van der Waals surface area contributed by atoms with E-state index in [0.29, 0.717) is 11.8 Å². The molecule has 0 spiro atoms. The van der Waals surface area contributed by atoms with Gasteiger partial charge >= 0.3 is 0 Å². The second kappa shape index (κ2) is 6.22. The van der Waals surface area contributed by atoms with Crippen LogP contribution in [-0.4, -0.2) is 30.1 Å². The average Bonchev–Trinajstić information content (AvgIpc) is 3.19. The van der Waals surface area contributed by atoms with Crippen LogP contribution in [0.4, 0.5) is 11.6 Å². The van der Waals surface area contributed by atoms with E-state index in [1.807, 2.05) is 0 Å². The molecule has 2 rings (SSSR count). The predicted molar refractivity (Wildman–Crippen MR) is 80.9 cm³/mol. The van der Waals surface area contributed by atoms with Crippen LogP contribution in [0, 0.1) is 5.92 Å². The maximum atomic E-state index is 4.73. The van der Waals surface area contributed by atoms with Crippen molar-refractivity contribution in [2.24, 2.45) is 5.92 Å². The van der Waals surface area contributed by atoms with Gasteiger partial charge in [-0.15, -0.1) is 0 Å². The van der Waals surface area contributed by atoms with Gasteiger partial charge in [0.15, 0.2) is 0 Å². The topological polar surface area (TPSA) is 41.0 Å². The first-order valence-corrected chi connectivity index (χ1v) is 7.44. The molecule has 0 bridgehead atoms. The van der Waals surface area contributed by atoms with E-state index in [4.69, 9.17) is 4.98 Å². The van der Waals surface area contributed by atoms with Crippen LogP contribution in [0.3, 0.4) is 0 Å². The first-order valence-electron chi connectivity index (χ1n) is 7.44. The Morgan fingerprint density at radius 2 is 2.11 bits per heavy atom. The van der Waals surface area contributed by atoms with Gasteiger partial charge in [-0.2, -0.15) is 0 Å². The monoisotopic (exact) mass is 262 g/mol. The number of anilines is 2. The zero-order valence-corrected chi connectivity index (χ0v) is 12.6. The minimum absolute atomic E-state index is 0.592. The van der Waals surface area contributed by atoms with Crippen LogP contribution >= 0.6 is 0 Å². The molecular weight excluding hydrogens is 236 g/mol. The van der Waals surface area contributed by atoms with Crippen molar-refractivity contribution in [1.29, 1.82) is 0 Å². The third-order valence-electron chi connectivity index (χ3n) is 3.26. The lowest BCUT2D eigenvalue weighted by molar-refractivity contribution is 0.633. The van der Waals surface area contributed by atoms with Gasteiger partial charge in [-0.1, -0.05) is 20.8 Å². The molecule has 0 aromatic carbocycles. The summed E-state index contributed by atoms with van der Waals surface area (Å²) in [4.78, 5) is 11.6. The van der Waals surface area contributed by atoms with Crippen LogP contribution in [0.2, 0.25) is 0 Å². The summed E-state index contributed by atoms with van der Waals surface area (Å²) in [6, 6.07) is 2.07. The Bertz CT molecular complexity index is 413. The minimum Gasteiger partial charge on any atom is -0.370 e. The molecule has 0 amide bonds. The number of aromatic nitrogens is 2. The fourth-order valence-electron chi connectivity index (χ4n) is 2.16. The molecule has 4 nitrogen and oxygen atoms in total. The van der Waals surface area contributed by atoms with Crippen molar-refractivity contribution in [3.05, 3.63) is 11.9 Å². The molecule has 1 aliphatic rings. The summed E-state index contributed by atoms with van der Waals surface area (Å²) in [5, 5.41) is 3.39. The van der Waals surface area contributed by atoms with Crippen molar-refractivity contribution in [3.8, 4) is 0 Å². The largest absolute Gasteiger partial charge is 0.370 e. The number of hydrogen-bond donors (Lipinski definition) is 1. The van der Waals surface area contributed by atoms with Gasteiger partial charge in [-0.3, -0.25) is 0 Å². The highest BCUT2D eigenvalue weighted by Crippen LogP contribution is 2.39. The van der Waals surface area contributed by atoms with E-state index in [1.165, 1.54) is 12.8 Å². The maximum Gasteiger partial charge on any atom is 0.136 e. The molecule has 19 heavy (non-hydrogen) atoms. The highest BCUT2D eigenvalue weighted by atomic mass is 15.2. The first kappa shape index (κ1) is 14.1. The Labute approximate surface area is 116 Å². The van der Waals surface area contributed by atoms with E-state index >= 15 is 0 Å². The van der Waals surface area contributed by atoms with Gasteiger partial charge in [-0.05, 0) is 25.2 Å². The quantitative estimate of drug-likeness (QED) is 0.819. The average molecular weight is 262 g/mol. The van der Waals surface area contributed by atoms with Crippen molar-refractivity contribution in [2.45, 2.75) is 46.0 Å². The number of nitrogens with one attached hydrogen (secondary N) is 1. The Hall–Kier alpha value is -1.32. The molecule has 4 heteroatoms. The molecular formula is C15H26N4. The fourth-order valence-corrected chi connectivity index (χ4v) is 2.16. The summed E-state index contributed by atoms with van der Waals surface area (Å²) in [6.45, 7) is 8.62. The molecule has 1 heterocycles. The van der Waals surface area contributed by atoms with Crippen LogP contribution < -0.4 is 10.2 Å². The van der Waals surface area contributed by atoms with Crippen LogP contribution in [0.5, 0.6) is 0 Å². The molecule has 1 N–H and O–H groups in total. The molecule has 0 unspecified atom stereocenters. The van der Waals surface area contributed by atoms with Gasteiger partial charge < -0.3 is 10.2 Å². The Morgan fingerprint density at radius 1 is 1.37 bits per heavy atom. The number of hydrogen-bond acceptors (Lipinski definition) is 4. The van der Waals surface area contributed by atoms with Crippen LogP contribution in [0.1, 0.15) is 51.8 Å². The van der Waals surface area contributed by atoms with Crippen LogP contribution in [-0.2, 0) is 0 Å². The summed E-state index contributed by atoms with van der Waals surface area (Å²) in [5.41, 5.74) is 0. The van der Waals surface area contributed by atoms with Crippen LogP contribution in [0.25, 0.3) is 0 Å². The van der Waals surface area contributed by atoms with Crippen molar-refractivity contribution >= 4 is 11.6 Å². The van der Waals surface area contributed by atoms with Crippen molar-refractivity contribution in [1.82, 2.24) is 9.97 Å². The highest BCUT2D eigenvalue weighted by molar-refractivity contribution is 5.49. The second-order valence-corrected chi connectivity index (χ2v) is 5.95. The standard InChI is InChI=1S/C15H26N4/c1-5-8-16-13-9-14(19(4)10-11(2)3)18-15(17-13)12-6-7-12/h9,11-12H,5-8,10H2,1-4H3,(H,16,17,18). The molecule has 0 saturated heterocycles. The lowest BCUT2D eigenvalue weighted by atomic mass is 10.2. The number of rotatable bonds is 7.